The second-order valence-corrected chi connectivity index (χ2v) is 8.17. The Kier molecular flexibility index (Phi) is 5.42. The van der Waals surface area contributed by atoms with Crippen molar-refractivity contribution in [2.75, 3.05) is 33.0 Å². The van der Waals surface area contributed by atoms with Crippen molar-refractivity contribution in [3.63, 3.8) is 0 Å². The fraction of sp³-hybridized carbons (Fsp3) is 0.500. The molecule has 0 spiro atoms. The highest BCUT2D eigenvalue weighted by Crippen LogP contribution is 2.28. The van der Waals surface area contributed by atoms with Gasteiger partial charge in [0, 0.05) is 31.9 Å². The van der Waals surface area contributed by atoms with Crippen molar-refractivity contribution in [1.29, 1.82) is 0 Å². The maximum absolute atomic E-state index is 12.8. The van der Waals surface area contributed by atoms with Gasteiger partial charge in [-0.2, -0.15) is 9.29 Å². The standard InChI is InChI=1S/C16H21N5O5S/c1-11-18-15(26-19-11)13-6-7-20(8-9-21(13)27(3,23)24)16(22)12-4-5-14(25-2)17-10-12/h4-5,10,13H,6-9H2,1-3H3. The van der Waals surface area contributed by atoms with Crippen molar-refractivity contribution >= 4 is 15.9 Å². The molecule has 0 radical (unpaired) electrons. The zero-order valence-corrected chi connectivity index (χ0v) is 16.1. The molecule has 2 aromatic rings. The summed E-state index contributed by atoms with van der Waals surface area (Å²) >= 11 is 0. The molecule has 0 N–H and O–H groups in total. The van der Waals surface area contributed by atoms with E-state index in [-0.39, 0.29) is 24.9 Å². The number of amides is 1. The quantitative estimate of drug-likeness (QED) is 0.739. The average molecular weight is 395 g/mol. The second-order valence-electron chi connectivity index (χ2n) is 6.24. The number of hydrogen-bond donors (Lipinski definition) is 0. The van der Waals surface area contributed by atoms with Gasteiger partial charge in [-0.05, 0) is 19.4 Å². The molecular weight excluding hydrogens is 374 g/mol. The van der Waals surface area contributed by atoms with E-state index in [2.05, 4.69) is 15.1 Å². The molecule has 2 aromatic heterocycles. The molecule has 1 fully saturated rings. The van der Waals surface area contributed by atoms with Crippen molar-refractivity contribution in [3.05, 3.63) is 35.6 Å². The van der Waals surface area contributed by atoms with Crippen molar-refractivity contribution in [2.45, 2.75) is 19.4 Å². The molecule has 3 heterocycles. The molecule has 3 rings (SSSR count). The molecule has 1 atom stereocenters. The lowest BCUT2D eigenvalue weighted by atomic mass is 10.2. The number of ether oxygens (including phenoxy) is 1. The van der Waals surface area contributed by atoms with E-state index in [4.69, 9.17) is 9.26 Å². The van der Waals surface area contributed by atoms with E-state index in [0.717, 1.165) is 6.26 Å². The largest absolute Gasteiger partial charge is 0.481 e. The molecule has 0 aromatic carbocycles. The number of pyridine rings is 1. The van der Waals surface area contributed by atoms with Crippen LogP contribution in [0.2, 0.25) is 0 Å². The molecular formula is C16H21N5O5S. The van der Waals surface area contributed by atoms with Crippen LogP contribution < -0.4 is 4.74 Å². The van der Waals surface area contributed by atoms with Gasteiger partial charge in [-0.15, -0.1) is 0 Å². The normalized spacial score (nSPS) is 18.9. The first-order valence-electron chi connectivity index (χ1n) is 8.36. The molecule has 27 heavy (non-hydrogen) atoms. The van der Waals surface area contributed by atoms with E-state index in [9.17, 15) is 13.2 Å². The average Bonchev–Trinajstić information content (AvgIpc) is 2.93. The van der Waals surface area contributed by atoms with E-state index in [1.165, 1.54) is 17.6 Å². The predicted molar refractivity (Wildman–Crippen MR) is 94.6 cm³/mol. The fourth-order valence-electron chi connectivity index (χ4n) is 3.01. The third-order valence-electron chi connectivity index (χ3n) is 4.34. The minimum atomic E-state index is -3.52. The third kappa shape index (κ3) is 4.25. The maximum atomic E-state index is 12.8. The summed E-state index contributed by atoms with van der Waals surface area (Å²) in [6.07, 6.45) is 2.93. The van der Waals surface area contributed by atoms with Gasteiger partial charge in [0.1, 0.15) is 6.04 Å². The first kappa shape index (κ1) is 19.2. The number of carbonyl (C=O) groups excluding carboxylic acids is 1. The van der Waals surface area contributed by atoms with E-state index in [1.54, 1.807) is 24.0 Å². The molecule has 1 aliphatic heterocycles. The minimum Gasteiger partial charge on any atom is -0.481 e. The highest BCUT2D eigenvalue weighted by Gasteiger charge is 2.36. The molecule has 0 saturated carbocycles. The van der Waals surface area contributed by atoms with Crippen LogP contribution in [0.4, 0.5) is 0 Å². The number of carbonyl (C=O) groups is 1. The summed E-state index contributed by atoms with van der Waals surface area (Å²) in [6, 6.07) is 2.64. The Morgan fingerprint density at radius 3 is 2.63 bits per heavy atom. The molecule has 1 saturated heterocycles. The van der Waals surface area contributed by atoms with Gasteiger partial charge in [-0.3, -0.25) is 4.79 Å². The van der Waals surface area contributed by atoms with Crippen LogP contribution >= 0.6 is 0 Å². The van der Waals surface area contributed by atoms with Crippen molar-refractivity contribution < 1.29 is 22.5 Å². The SMILES string of the molecule is COc1ccc(C(=O)N2CCC(c3nc(C)no3)N(S(C)(=O)=O)CC2)cn1. The molecule has 10 nitrogen and oxygen atoms in total. The predicted octanol–water partition coefficient (Wildman–Crippen LogP) is 0.630. The van der Waals surface area contributed by atoms with Crippen LogP contribution in [0.1, 0.15) is 34.5 Å². The van der Waals surface area contributed by atoms with Crippen LogP contribution in [-0.4, -0.2) is 71.7 Å². The summed E-state index contributed by atoms with van der Waals surface area (Å²) in [5, 5.41) is 3.75. The van der Waals surface area contributed by atoms with E-state index in [1.807, 2.05) is 0 Å². The molecule has 0 bridgehead atoms. The molecule has 11 heteroatoms. The summed E-state index contributed by atoms with van der Waals surface area (Å²) < 4.78 is 36.0. The lowest BCUT2D eigenvalue weighted by Crippen LogP contribution is -2.38. The summed E-state index contributed by atoms with van der Waals surface area (Å²) in [6.45, 7) is 2.41. The van der Waals surface area contributed by atoms with Crippen LogP contribution in [0.25, 0.3) is 0 Å². The van der Waals surface area contributed by atoms with Crippen molar-refractivity contribution in [3.8, 4) is 5.88 Å². The lowest BCUT2D eigenvalue weighted by molar-refractivity contribution is 0.0763. The highest BCUT2D eigenvalue weighted by atomic mass is 32.2. The Balaban J connectivity index is 1.82. The van der Waals surface area contributed by atoms with Gasteiger partial charge in [0.05, 0.1) is 18.9 Å². The zero-order chi connectivity index (χ0) is 19.6. The number of nitrogens with zero attached hydrogens (tertiary/aromatic N) is 5. The van der Waals surface area contributed by atoms with Gasteiger partial charge in [0.2, 0.25) is 21.8 Å². The van der Waals surface area contributed by atoms with Crippen molar-refractivity contribution in [2.24, 2.45) is 0 Å². The van der Waals surface area contributed by atoms with Gasteiger partial charge < -0.3 is 14.2 Å². The number of aryl methyl sites for hydroxylation is 1. The van der Waals surface area contributed by atoms with E-state index in [0.29, 0.717) is 30.2 Å². The van der Waals surface area contributed by atoms with Crippen LogP contribution in [0, 0.1) is 6.92 Å². The number of rotatable bonds is 4. The fourth-order valence-corrected chi connectivity index (χ4v) is 4.09. The Morgan fingerprint density at radius 1 is 1.30 bits per heavy atom. The van der Waals surface area contributed by atoms with Gasteiger partial charge in [-0.1, -0.05) is 5.16 Å². The summed E-state index contributed by atoms with van der Waals surface area (Å²) in [7, 11) is -2.02. The van der Waals surface area contributed by atoms with Crippen molar-refractivity contribution in [1.82, 2.24) is 24.3 Å². The second kappa shape index (κ2) is 7.61. The smallest absolute Gasteiger partial charge is 0.255 e. The van der Waals surface area contributed by atoms with Gasteiger partial charge in [-0.25, -0.2) is 13.4 Å². The Hall–Kier alpha value is -2.53. The third-order valence-corrected chi connectivity index (χ3v) is 5.63. The Bertz CT molecular complexity index is 912. The van der Waals surface area contributed by atoms with E-state index < -0.39 is 16.1 Å². The van der Waals surface area contributed by atoms with Crippen LogP contribution in [0.5, 0.6) is 5.88 Å². The number of sulfonamides is 1. The molecule has 1 unspecified atom stereocenters. The molecule has 0 aliphatic carbocycles. The van der Waals surface area contributed by atoms with Gasteiger partial charge in [0.25, 0.3) is 5.91 Å². The summed E-state index contributed by atoms with van der Waals surface area (Å²) in [4.78, 5) is 22.6. The number of methoxy groups -OCH3 is 1. The Morgan fingerprint density at radius 2 is 2.07 bits per heavy atom. The molecule has 146 valence electrons. The Labute approximate surface area is 157 Å². The van der Waals surface area contributed by atoms with Crippen LogP contribution in [0.15, 0.2) is 22.9 Å². The van der Waals surface area contributed by atoms with Gasteiger partial charge in [0.15, 0.2) is 5.82 Å². The van der Waals surface area contributed by atoms with Crippen LogP contribution in [-0.2, 0) is 10.0 Å². The first-order valence-corrected chi connectivity index (χ1v) is 10.2. The first-order chi connectivity index (χ1) is 12.8. The van der Waals surface area contributed by atoms with E-state index >= 15 is 0 Å². The maximum Gasteiger partial charge on any atom is 0.255 e. The lowest BCUT2D eigenvalue weighted by Gasteiger charge is -2.24. The molecule has 1 aliphatic rings. The number of aromatic nitrogens is 3. The minimum absolute atomic E-state index is 0.139. The summed E-state index contributed by atoms with van der Waals surface area (Å²) in [5.41, 5.74) is 0.411. The molecule has 1 amide bonds. The van der Waals surface area contributed by atoms with Crippen LogP contribution in [0.3, 0.4) is 0 Å². The monoisotopic (exact) mass is 395 g/mol. The number of hydrogen-bond acceptors (Lipinski definition) is 8. The highest BCUT2D eigenvalue weighted by molar-refractivity contribution is 7.88. The summed E-state index contributed by atoms with van der Waals surface area (Å²) in [5.74, 6) is 0.858. The topological polar surface area (TPSA) is 119 Å². The van der Waals surface area contributed by atoms with Gasteiger partial charge >= 0.3 is 0 Å². The zero-order valence-electron chi connectivity index (χ0n) is 15.3.